The van der Waals surface area contributed by atoms with Crippen molar-refractivity contribution in [2.75, 3.05) is 13.1 Å². The molecule has 0 radical (unpaired) electrons. The molecular weight excluding hydrogens is 394 g/mol. The minimum absolute atomic E-state index is 0.0633. The van der Waals surface area contributed by atoms with Crippen LogP contribution in [0.15, 0.2) is 24.5 Å². The Hall–Kier alpha value is -2.70. The monoisotopic (exact) mass is 409 g/mol. The van der Waals surface area contributed by atoms with Gasteiger partial charge in [0, 0.05) is 0 Å². The Balaban J connectivity index is 1.44. The number of amides is 1. The van der Waals surface area contributed by atoms with Crippen LogP contribution in [0.3, 0.4) is 0 Å². The largest absolute Gasteiger partial charge is 0.492 e. The molecule has 0 atom stereocenters. The molecule has 2 aliphatic rings. The third-order valence-corrected chi connectivity index (χ3v) is 4.98. The van der Waals surface area contributed by atoms with Crippen molar-refractivity contribution in [1.29, 1.82) is 0 Å². The molecule has 3 heterocycles. The number of alkyl halides is 3. The maximum Gasteiger partial charge on any atom is 0.492 e. The Morgan fingerprint density at radius 2 is 2.03 bits per heavy atom. The van der Waals surface area contributed by atoms with Crippen LogP contribution in [0.4, 0.5) is 13.2 Å². The first-order valence-corrected chi connectivity index (χ1v) is 8.59. The summed E-state index contributed by atoms with van der Waals surface area (Å²) in [5.74, 6) is -0.292. The second kappa shape index (κ2) is 6.68. The molecule has 1 saturated heterocycles. The number of aromatic nitrogens is 2. The molecule has 0 unspecified atom stereocenters. The van der Waals surface area contributed by atoms with E-state index in [0.717, 1.165) is 16.7 Å². The highest BCUT2D eigenvalue weighted by molar-refractivity contribution is 6.62. The number of rotatable bonds is 3. The number of fused-ring (bicyclic) bond motifs is 1. The first kappa shape index (κ1) is 19.6. The zero-order valence-corrected chi connectivity index (χ0v) is 15.1. The molecule has 0 aliphatic carbocycles. The van der Waals surface area contributed by atoms with Gasteiger partial charge in [-0.3, -0.25) is 4.79 Å². The van der Waals surface area contributed by atoms with Gasteiger partial charge in [-0.25, -0.2) is 9.97 Å². The zero-order valence-electron chi connectivity index (χ0n) is 15.1. The number of halogens is 3. The molecular formula is C17H15BF3N3O5. The van der Waals surface area contributed by atoms with Gasteiger partial charge in [0.05, 0.1) is 32.1 Å². The van der Waals surface area contributed by atoms with Crippen LogP contribution in [-0.4, -0.2) is 62.9 Å². The summed E-state index contributed by atoms with van der Waals surface area (Å²) in [6.45, 7) is 0.346. The smallest absolute Gasteiger partial charge is 0.437 e. The van der Waals surface area contributed by atoms with E-state index >= 15 is 0 Å². The third-order valence-electron chi connectivity index (χ3n) is 4.98. The number of likely N-dealkylation sites (tertiary alicyclic amines) is 1. The van der Waals surface area contributed by atoms with Crippen molar-refractivity contribution < 1.29 is 37.5 Å². The van der Waals surface area contributed by atoms with Gasteiger partial charge >= 0.3 is 13.3 Å². The normalized spacial score (nSPS) is 17.7. The summed E-state index contributed by atoms with van der Waals surface area (Å²) in [7, 11) is -1.04. The van der Waals surface area contributed by atoms with E-state index in [1.807, 2.05) is 0 Å². The van der Waals surface area contributed by atoms with E-state index in [0.29, 0.717) is 23.4 Å². The summed E-state index contributed by atoms with van der Waals surface area (Å²) < 4.78 is 48.8. The molecule has 1 fully saturated rings. The van der Waals surface area contributed by atoms with Crippen LogP contribution in [0, 0.1) is 6.92 Å². The van der Waals surface area contributed by atoms with Crippen LogP contribution < -0.4 is 10.2 Å². The van der Waals surface area contributed by atoms with Crippen LogP contribution >= 0.6 is 0 Å². The Morgan fingerprint density at radius 3 is 2.66 bits per heavy atom. The van der Waals surface area contributed by atoms with Gasteiger partial charge in [-0.1, -0.05) is 6.07 Å². The van der Waals surface area contributed by atoms with Gasteiger partial charge in [-0.05, 0) is 29.6 Å². The fourth-order valence-electron chi connectivity index (χ4n) is 3.26. The molecule has 2 N–H and O–H groups in total. The molecule has 0 saturated carbocycles. The SMILES string of the molecule is Cc1c(Oc2cnc(C(=O)N3CC(O)(C(F)(F)F)C3)cn2)ccc2c1B(O)OC2. The predicted octanol–water partition coefficient (Wildman–Crippen LogP) is 0.544. The molecule has 2 aromatic rings. The number of aliphatic hydroxyl groups is 1. The van der Waals surface area contributed by atoms with Gasteiger partial charge in [-0.15, -0.1) is 0 Å². The van der Waals surface area contributed by atoms with E-state index in [-0.39, 0.29) is 11.6 Å². The van der Waals surface area contributed by atoms with E-state index in [1.54, 1.807) is 19.1 Å². The van der Waals surface area contributed by atoms with Crippen molar-refractivity contribution in [2.24, 2.45) is 0 Å². The molecule has 1 aromatic heterocycles. The van der Waals surface area contributed by atoms with Crippen LogP contribution in [0.5, 0.6) is 11.6 Å². The number of nitrogens with zero attached hydrogens (tertiary/aromatic N) is 3. The predicted molar refractivity (Wildman–Crippen MR) is 92.6 cm³/mol. The highest BCUT2D eigenvalue weighted by Gasteiger charge is 2.62. The molecule has 152 valence electrons. The molecule has 2 aliphatic heterocycles. The van der Waals surface area contributed by atoms with Gasteiger partial charge in [0.1, 0.15) is 11.4 Å². The van der Waals surface area contributed by atoms with Gasteiger partial charge in [0.15, 0.2) is 5.60 Å². The Labute approximate surface area is 163 Å². The highest BCUT2D eigenvalue weighted by atomic mass is 19.4. The van der Waals surface area contributed by atoms with Crippen LogP contribution in [0.25, 0.3) is 0 Å². The quantitative estimate of drug-likeness (QED) is 0.714. The van der Waals surface area contributed by atoms with E-state index in [2.05, 4.69) is 9.97 Å². The van der Waals surface area contributed by atoms with Crippen molar-refractivity contribution in [2.45, 2.75) is 25.3 Å². The Bertz CT molecular complexity index is 964. The van der Waals surface area contributed by atoms with Gasteiger partial charge in [0.2, 0.25) is 5.88 Å². The topological polar surface area (TPSA) is 105 Å². The molecule has 1 aromatic carbocycles. The summed E-state index contributed by atoms with van der Waals surface area (Å²) >= 11 is 0. The lowest BCUT2D eigenvalue weighted by Gasteiger charge is -2.46. The van der Waals surface area contributed by atoms with Gasteiger partial charge < -0.3 is 24.4 Å². The fraction of sp³-hybridized carbons (Fsp3) is 0.353. The summed E-state index contributed by atoms with van der Waals surface area (Å²) in [6.07, 6.45) is -2.55. The lowest BCUT2D eigenvalue weighted by atomic mass is 9.76. The first-order chi connectivity index (χ1) is 13.6. The lowest BCUT2D eigenvalue weighted by Crippen LogP contribution is -2.70. The second-order valence-corrected chi connectivity index (χ2v) is 6.96. The van der Waals surface area contributed by atoms with Crippen LogP contribution in [0.2, 0.25) is 0 Å². The number of hydrogen-bond donors (Lipinski definition) is 2. The maximum absolute atomic E-state index is 12.7. The van der Waals surface area contributed by atoms with Gasteiger partial charge in [0.25, 0.3) is 5.91 Å². The fourth-order valence-corrected chi connectivity index (χ4v) is 3.26. The zero-order chi connectivity index (χ0) is 21.0. The van der Waals surface area contributed by atoms with E-state index in [1.165, 1.54) is 6.20 Å². The van der Waals surface area contributed by atoms with Crippen molar-refractivity contribution >= 4 is 18.5 Å². The average Bonchev–Trinajstić information content (AvgIpc) is 3.02. The number of benzene rings is 1. The minimum atomic E-state index is -4.81. The molecule has 0 bridgehead atoms. The van der Waals surface area contributed by atoms with Crippen LogP contribution in [0.1, 0.15) is 21.6 Å². The minimum Gasteiger partial charge on any atom is -0.437 e. The molecule has 8 nitrogen and oxygen atoms in total. The molecule has 0 spiro atoms. The standard InChI is InChI=1S/C17H15BF3N3O5/c1-9-12(3-2-10-6-28-18(27)14(9)10)29-13-5-22-11(4-23-13)15(25)24-7-16(26,8-24)17(19,20)21/h2-5,26-27H,6-8H2,1H3. The highest BCUT2D eigenvalue weighted by Crippen LogP contribution is 2.38. The Morgan fingerprint density at radius 1 is 1.31 bits per heavy atom. The number of carbonyl (C=O) groups is 1. The molecule has 12 heteroatoms. The lowest BCUT2D eigenvalue weighted by molar-refractivity contribution is -0.294. The molecule has 4 rings (SSSR count). The number of β-amino-alcohol motifs (C(OH)–C–C–N with tert-alkyl or cyclic N) is 1. The van der Waals surface area contributed by atoms with E-state index in [4.69, 9.17) is 9.39 Å². The molecule has 29 heavy (non-hydrogen) atoms. The molecule has 1 amide bonds. The number of carbonyl (C=O) groups excluding carboxylic acids is 1. The Kier molecular flexibility index (Phi) is 4.52. The van der Waals surface area contributed by atoms with Crippen molar-refractivity contribution in [3.63, 3.8) is 0 Å². The average molecular weight is 409 g/mol. The van der Waals surface area contributed by atoms with E-state index < -0.39 is 37.9 Å². The first-order valence-electron chi connectivity index (χ1n) is 8.59. The van der Waals surface area contributed by atoms with Crippen molar-refractivity contribution in [1.82, 2.24) is 14.9 Å². The summed E-state index contributed by atoms with van der Waals surface area (Å²) in [5, 5.41) is 19.3. The summed E-state index contributed by atoms with van der Waals surface area (Å²) in [5.41, 5.74) is -0.920. The number of ether oxygens (including phenoxy) is 1. The van der Waals surface area contributed by atoms with Gasteiger partial charge in [-0.2, -0.15) is 13.2 Å². The summed E-state index contributed by atoms with van der Waals surface area (Å²) in [6, 6.07) is 3.44. The van der Waals surface area contributed by atoms with Crippen molar-refractivity contribution in [3.05, 3.63) is 41.3 Å². The number of hydrogen-bond acceptors (Lipinski definition) is 7. The summed E-state index contributed by atoms with van der Waals surface area (Å²) in [4.78, 5) is 20.9. The van der Waals surface area contributed by atoms with Crippen LogP contribution in [-0.2, 0) is 11.3 Å². The maximum atomic E-state index is 12.7. The van der Waals surface area contributed by atoms with E-state index in [9.17, 15) is 28.1 Å². The third kappa shape index (κ3) is 3.32. The second-order valence-electron chi connectivity index (χ2n) is 6.96. The van der Waals surface area contributed by atoms with Crippen molar-refractivity contribution in [3.8, 4) is 11.6 Å².